The molecule has 2 amide bonds. The Hall–Kier alpha value is -1.30. The minimum atomic E-state index is -0.762. The third-order valence-corrected chi connectivity index (χ3v) is 3.40. The van der Waals surface area contributed by atoms with E-state index in [0.717, 1.165) is 12.8 Å². The van der Waals surface area contributed by atoms with E-state index < -0.39 is 5.97 Å². The second-order valence-electron chi connectivity index (χ2n) is 5.57. The molecule has 0 saturated carbocycles. The van der Waals surface area contributed by atoms with Crippen LogP contribution in [-0.2, 0) is 9.53 Å². The number of amides is 2. The van der Waals surface area contributed by atoms with Gasteiger partial charge in [0.2, 0.25) is 0 Å². The molecule has 0 fully saturated rings. The zero-order valence-corrected chi connectivity index (χ0v) is 13.7. The van der Waals surface area contributed by atoms with Gasteiger partial charge in [0.05, 0.1) is 12.7 Å². The molecular weight excluding hydrogens is 272 g/mol. The maximum atomic E-state index is 11.8. The minimum Gasteiger partial charge on any atom is -0.481 e. The van der Waals surface area contributed by atoms with Crippen molar-refractivity contribution in [3.05, 3.63) is 0 Å². The number of hydrogen-bond acceptors (Lipinski definition) is 3. The van der Waals surface area contributed by atoms with Crippen LogP contribution in [-0.4, -0.2) is 54.9 Å². The predicted molar refractivity (Wildman–Crippen MR) is 82.4 cm³/mol. The number of nitrogens with zero attached hydrogens (tertiary/aromatic N) is 1. The first-order chi connectivity index (χ1) is 9.86. The lowest BCUT2D eigenvalue weighted by atomic mass is 9.97. The Balaban J connectivity index is 3.82. The van der Waals surface area contributed by atoms with Crippen molar-refractivity contribution in [3.8, 4) is 0 Å². The van der Waals surface area contributed by atoms with Crippen molar-refractivity contribution in [1.29, 1.82) is 0 Å². The lowest BCUT2D eigenvalue weighted by molar-refractivity contribution is -0.137. The van der Waals surface area contributed by atoms with Crippen molar-refractivity contribution in [3.63, 3.8) is 0 Å². The van der Waals surface area contributed by atoms with Crippen LogP contribution in [0.4, 0.5) is 4.79 Å². The molecule has 0 aliphatic rings. The van der Waals surface area contributed by atoms with Gasteiger partial charge in [0.15, 0.2) is 0 Å². The van der Waals surface area contributed by atoms with Crippen LogP contribution in [0.3, 0.4) is 0 Å². The number of carbonyl (C=O) groups is 2. The number of aliphatic carboxylic acids is 1. The van der Waals surface area contributed by atoms with Crippen molar-refractivity contribution in [1.82, 2.24) is 10.2 Å². The van der Waals surface area contributed by atoms with Crippen LogP contribution in [0.1, 0.15) is 46.5 Å². The van der Waals surface area contributed by atoms with Gasteiger partial charge in [-0.1, -0.05) is 13.3 Å². The molecule has 0 aromatic carbocycles. The highest BCUT2D eigenvalue weighted by molar-refractivity contribution is 5.73. The Morgan fingerprint density at radius 1 is 1.29 bits per heavy atom. The van der Waals surface area contributed by atoms with Gasteiger partial charge in [-0.25, -0.2) is 4.79 Å². The van der Waals surface area contributed by atoms with Crippen LogP contribution in [0.15, 0.2) is 0 Å². The van der Waals surface area contributed by atoms with Crippen molar-refractivity contribution in [2.75, 3.05) is 26.7 Å². The molecule has 0 aliphatic heterocycles. The highest BCUT2D eigenvalue weighted by atomic mass is 16.5. The summed E-state index contributed by atoms with van der Waals surface area (Å²) in [6.07, 6.45) is 2.77. The number of nitrogens with one attached hydrogen (secondary N) is 1. The third kappa shape index (κ3) is 11.1. The maximum Gasteiger partial charge on any atom is 0.317 e. The molecule has 0 aliphatic carbocycles. The second kappa shape index (κ2) is 11.4. The van der Waals surface area contributed by atoms with Gasteiger partial charge in [0.1, 0.15) is 0 Å². The molecule has 0 saturated heterocycles. The number of carboxylic acids is 1. The number of carboxylic acid groups (broad SMARTS) is 1. The van der Waals surface area contributed by atoms with Crippen LogP contribution < -0.4 is 5.32 Å². The zero-order valence-electron chi connectivity index (χ0n) is 13.7. The summed E-state index contributed by atoms with van der Waals surface area (Å²) in [5.41, 5.74) is 0. The number of ether oxygens (including phenoxy) is 1. The molecule has 1 atom stereocenters. The largest absolute Gasteiger partial charge is 0.481 e. The van der Waals surface area contributed by atoms with Crippen LogP contribution >= 0.6 is 0 Å². The summed E-state index contributed by atoms with van der Waals surface area (Å²) in [7, 11) is 1.74. The number of rotatable bonds is 11. The fourth-order valence-corrected chi connectivity index (χ4v) is 1.93. The molecule has 21 heavy (non-hydrogen) atoms. The smallest absolute Gasteiger partial charge is 0.317 e. The van der Waals surface area contributed by atoms with E-state index in [4.69, 9.17) is 9.84 Å². The second-order valence-corrected chi connectivity index (χ2v) is 5.57. The number of carbonyl (C=O) groups excluding carboxylic acids is 1. The lowest BCUT2D eigenvalue weighted by Gasteiger charge is -2.20. The van der Waals surface area contributed by atoms with Crippen LogP contribution in [0.5, 0.6) is 0 Å². The fraction of sp³-hybridized carbons (Fsp3) is 0.867. The number of hydrogen-bond donors (Lipinski definition) is 2. The first-order valence-electron chi connectivity index (χ1n) is 7.69. The Labute approximate surface area is 127 Å². The van der Waals surface area contributed by atoms with Gasteiger partial charge in [0.25, 0.3) is 0 Å². The molecule has 6 heteroatoms. The summed E-state index contributed by atoms with van der Waals surface area (Å²) in [6.45, 7) is 7.62. The van der Waals surface area contributed by atoms with E-state index in [2.05, 4.69) is 5.32 Å². The summed E-state index contributed by atoms with van der Waals surface area (Å²) < 4.78 is 5.40. The number of likely N-dealkylation sites (N-methyl/N-ethyl adjacent to an activating group) is 1. The van der Waals surface area contributed by atoms with Gasteiger partial charge in [-0.15, -0.1) is 0 Å². The van der Waals surface area contributed by atoms with Crippen LogP contribution in [0.2, 0.25) is 0 Å². The standard InChI is InChI=1S/C15H30N2O4/c1-5-13(6-7-14(18)19)8-9-16-15(20)17(4)10-11-21-12(2)3/h12-13H,5-11H2,1-4H3,(H,16,20)(H,18,19). The zero-order chi connectivity index (χ0) is 16.3. The van der Waals surface area contributed by atoms with E-state index in [1.54, 1.807) is 11.9 Å². The molecule has 0 radical (unpaired) electrons. The highest BCUT2D eigenvalue weighted by Gasteiger charge is 2.11. The Morgan fingerprint density at radius 2 is 1.95 bits per heavy atom. The molecule has 0 aromatic rings. The SMILES string of the molecule is CCC(CCNC(=O)N(C)CCOC(C)C)CCC(=O)O. The van der Waals surface area contributed by atoms with E-state index in [1.807, 2.05) is 20.8 Å². The van der Waals surface area contributed by atoms with E-state index >= 15 is 0 Å². The molecular formula is C15H30N2O4. The molecule has 6 nitrogen and oxygen atoms in total. The fourth-order valence-electron chi connectivity index (χ4n) is 1.93. The van der Waals surface area contributed by atoms with Crippen LogP contribution in [0.25, 0.3) is 0 Å². The molecule has 0 heterocycles. The van der Waals surface area contributed by atoms with Crippen molar-refractivity contribution in [2.24, 2.45) is 5.92 Å². The van der Waals surface area contributed by atoms with Crippen molar-refractivity contribution >= 4 is 12.0 Å². The maximum absolute atomic E-state index is 11.8. The number of urea groups is 1. The van der Waals surface area contributed by atoms with Crippen molar-refractivity contribution in [2.45, 2.75) is 52.6 Å². The predicted octanol–water partition coefficient (Wildman–Crippen LogP) is 2.33. The van der Waals surface area contributed by atoms with Crippen molar-refractivity contribution < 1.29 is 19.4 Å². The van der Waals surface area contributed by atoms with E-state index in [0.29, 0.717) is 32.0 Å². The minimum absolute atomic E-state index is 0.115. The normalized spacial score (nSPS) is 12.2. The quantitative estimate of drug-likeness (QED) is 0.614. The molecule has 0 rings (SSSR count). The lowest BCUT2D eigenvalue weighted by Crippen LogP contribution is -2.40. The van der Waals surface area contributed by atoms with E-state index in [-0.39, 0.29) is 18.6 Å². The Kier molecular flexibility index (Phi) is 10.7. The van der Waals surface area contributed by atoms with Gasteiger partial charge >= 0.3 is 12.0 Å². The molecule has 2 N–H and O–H groups in total. The molecule has 124 valence electrons. The van der Waals surface area contributed by atoms with Gasteiger partial charge in [-0.3, -0.25) is 4.79 Å². The summed E-state index contributed by atoms with van der Waals surface area (Å²) in [4.78, 5) is 24.0. The topological polar surface area (TPSA) is 78.9 Å². The average Bonchev–Trinajstić information content (AvgIpc) is 2.41. The summed E-state index contributed by atoms with van der Waals surface area (Å²) in [5.74, 6) is -0.418. The first-order valence-corrected chi connectivity index (χ1v) is 7.69. The van der Waals surface area contributed by atoms with Gasteiger partial charge in [-0.2, -0.15) is 0 Å². The Bertz CT molecular complexity index is 308. The van der Waals surface area contributed by atoms with Crippen LogP contribution in [0, 0.1) is 5.92 Å². The van der Waals surface area contributed by atoms with Gasteiger partial charge in [0, 0.05) is 26.6 Å². The Morgan fingerprint density at radius 3 is 2.48 bits per heavy atom. The third-order valence-electron chi connectivity index (χ3n) is 3.40. The molecule has 0 aromatic heterocycles. The summed E-state index contributed by atoms with van der Waals surface area (Å²) >= 11 is 0. The van der Waals surface area contributed by atoms with E-state index in [9.17, 15) is 9.59 Å². The summed E-state index contributed by atoms with van der Waals surface area (Å²) in [5, 5.41) is 11.5. The highest BCUT2D eigenvalue weighted by Crippen LogP contribution is 2.14. The molecule has 0 bridgehead atoms. The molecule has 1 unspecified atom stereocenters. The van der Waals surface area contributed by atoms with Gasteiger partial charge in [-0.05, 0) is 32.6 Å². The van der Waals surface area contributed by atoms with E-state index in [1.165, 1.54) is 0 Å². The average molecular weight is 302 g/mol. The first kappa shape index (κ1) is 19.7. The monoisotopic (exact) mass is 302 g/mol. The summed E-state index contributed by atoms with van der Waals surface area (Å²) in [6, 6.07) is -0.115. The van der Waals surface area contributed by atoms with Gasteiger partial charge < -0.3 is 20.1 Å². The molecule has 0 spiro atoms.